The number of nitrogens with one attached hydrogen (secondary N) is 2. The maximum atomic E-state index is 4.34. The van der Waals surface area contributed by atoms with Crippen LogP contribution in [0.3, 0.4) is 0 Å². The fourth-order valence-electron chi connectivity index (χ4n) is 2.73. The summed E-state index contributed by atoms with van der Waals surface area (Å²) in [6, 6.07) is 1.21. The zero-order valence-corrected chi connectivity index (χ0v) is 15.2. The molecule has 0 unspecified atom stereocenters. The molecule has 2 aliphatic rings. The lowest BCUT2D eigenvalue weighted by molar-refractivity contribution is 0.220. The van der Waals surface area contributed by atoms with Gasteiger partial charge in [0.1, 0.15) is 0 Å². The van der Waals surface area contributed by atoms with Gasteiger partial charge in [-0.25, -0.2) is 0 Å². The van der Waals surface area contributed by atoms with Crippen LogP contribution in [0.5, 0.6) is 0 Å². The van der Waals surface area contributed by atoms with E-state index in [2.05, 4.69) is 34.0 Å². The fraction of sp³-hybridized carbons (Fsp3) is 0.800. The average Bonchev–Trinajstić information content (AvgIpc) is 2.33. The lowest BCUT2D eigenvalue weighted by atomic mass is 9.93. The van der Waals surface area contributed by atoms with E-state index >= 15 is 0 Å². The van der Waals surface area contributed by atoms with E-state index in [1.54, 1.807) is 0 Å². The molecule has 0 aromatic carbocycles. The number of hydrogen-bond acceptors (Lipinski definition) is 2. The Balaban J connectivity index is 0.00000200. The molecule has 1 saturated carbocycles. The monoisotopic (exact) mass is 392 g/mol. The van der Waals surface area contributed by atoms with Crippen LogP contribution < -0.4 is 10.6 Å². The predicted molar refractivity (Wildman–Crippen MR) is 97.0 cm³/mol. The van der Waals surface area contributed by atoms with Crippen LogP contribution in [-0.2, 0) is 0 Å². The van der Waals surface area contributed by atoms with E-state index in [9.17, 15) is 0 Å². The zero-order valence-electron chi connectivity index (χ0n) is 12.8. The Hall–Kier alpha value is -0.300. The van der Waals surface area contributed by atoms with E-state index in [-0.39, 0.29) is 24.0 Å². The molecule has 2 rings (SSSR count). The average molecular weight is 392 g/mol. The van der Waals surface area contributed by atoms with Crippen molar-refractivity contribution in [1.82, 2.24) is 15.5 Å². The third kappa shape index (κ3) is 5.60. The normalized spacial score (nSPS) is 21.8. The molecule has 1 aliphatic carbocycles. The molecule has 0 amide bonds. The quantitative estimate of drug-likeness (QED) is 0.334. The molecule has 116 valence electrons. The largest absolute Gasteiger partial charge is 0.354 e. The molecule has 1 heterocycles. The number of nitrogens with zero attached hydrogens (tertiary/aromatic N) is 2. The number of piperidine rings is 1. The van der Waals surface area contributed by atoms with Crippen LogP contribution in [0.25, 0.3) is 0 Å². The Bertz CT molecular complexity index is 331. The minimum absolute atomic E-state index is 0. The highest BCUT2D eigenvalue weighted by molar-refractivity contribution is 14.0. The van der Waals surface area contributed by atoms with Gasteiger partial charge in [-0.1, -0.05) is 12.2 Å². The molecule has 2 fully saturated rings. The summed E-state index contributed by atoms with van der Waals surface area (Å²) in [6.07, 6.45) is 6.32. The third-order valence-corrected chi connectivity index (χ3v) is 4.09. The number of guanidine groups is 1. The highest BCUT2D eigenvalue weighted by Gasteiger charge is 2.22. The van der Waals surface area contributed by atoms with Crippen LogP contribution in [0.15, 0.2) is 17.1 Å². The van der Waals surface area contributed by atoms with Crippen LogP contribution in [0.1, 0.15) is 39.0 Å². The predicted octanol–water partition coefficient (Wildman–Crippen LogP) is 2.36. The molecule has 20 heavy (non-hydrogen) atoms. The summed E-state index contributed by atoms with van der Waals surface area (Å²) in [4.78, 5) is 6.83. The van der Waals surface area contributed by atoms with Gasteiger partial charge in [0, 0.05) is 38.8 Å². The SMILES string of the molecule is C=C(C)CN1CCC(NC(=NC)NC2CCC2)CC1.I. The molecule has 5 heteroatoms. The van der Waals surface area contributed by atoms with Crippen molar-refractivity contribution in [3.8, 4) is 0 Å². The van der Waals surface area contributed by atoms with Gasteiger partial charge in [-0.05, 0) is 39.0 Å². The molecule has 0 aromatic heterocycles. The highest BCUT2D eigenvalue weighted by atomic mass is 127. The molecule has 0 radical (unpaired) electrons. The second kappa shape index (κ2) is 8.87. The number of likely N-dealkylation sites (tertiary alicyclic amines) is 1. The van der Waals surface area contributed by atoms with Crippen molar-refractivity contribution in [3.05, 3.63) is 12.2 Å². The minimum Gasteiger partial charge on any atom is -0.354 e. The van der Waals surface area contributed by atoms with Crippen molar-refractivity contribution in [1.29, 1.82) is 0 Å². The van der Waals surface area contributed by atoms with Gasteiger partial charge in [-0.2, -0.15) is 0 Å². The van der Waals surface area contributed by atoms with E-state index in [0.717, 1.165) is 25.6 Å². The van der Waals surface area contributed by atoms with Crippen LogP contribution in [-0.4, -0.2) is 49.6 Å². The van der Waals surface area contributed by atoms with Gasteiger partial charge < -0.3 is 10.6 Å². The van der Waals surface area contributed by atoms with E-state index in [1.807, 2.05) is 7.05 Å². The lowest BCUT2D eigenvalue weighted by Gasteiger charge is -2.34. The van der Waals surface area contributed by atoms with E-state index in [0.29, 0.717) is 12.1 Å². The smallest absolute Gasteiger partial charge is 0.191 e. The molecule has 1 saturated heterocycles. The number of rotatable bonds is 4. The van der Waals surface area contributed by atoms with Gasteiger partial charge in [0.2, 0.25) is 0 Å². The van der Waals surface area contributed by atoms with E-state index < -0.39 is 0 Å². The second-order valence-corrected chi connectivity index (χ2v) is 6.00. The number of hydrogen-bond donors (Lipinski definition) is 2. The van der Waals surface area contributed by atoms with Crippen molar-refractivity contribution >= 4 is 29.9 Å². The first-order chi connectivity index (χ1) is 9.17. The van der Waals surface area contributed by atoms with Crippen molar-refractivity contribution < 1.29 is 0 Å². The van der Waals surface area contributed by atoms with Gasteiger partial charge in [0.15, 0.2) is 5.96 Å². The van der Waals surface area contributed by atoms with Gasteiger partial charge in [-0.3, -0.25) is 9.89 Å². The maximum Gasteiger partial charge on any atom is 0.191 e. The highest BCUT2D eigenvalue weighted by Crippen LogP contribution is 2.18. The summed E-state index contributed by atoms with van der Waals surface area (Å²) in [5.41, 5.74) is 1.26. The van der Waals surface area contributed by atoms with E-state index in [4.69, 9.17) is 0 Å². The van der Waals surface area contributed by atoms with E-state index in [1.165, 1.54) is 37.7 Å². The Morgan fingerprint density at radius 3 is 2.10 bits per heavy atom. The molecular weight excluding hydrogens is 363 g/mol. The van der Waals surface area contributed by atoms with Crippen molar-refractivity contribution in [2.75, 3.05) is 26.7 Å². The summed E-state index contributed by atoms with van der Waals surface area (Å²) in [6.45, 7) is 9.46. The summed E-state index contributed by atoms with van der Waals surface area (Å²) in [5.74, 6) is 0.989. The van der Waals surface area contributed by atoms with Gasteiger partial charge in [-0.15, -0.1) is 24.0 Å². The fourth-order valence-corrected chi connectivity index (χ4v) is 2.73. The minimum atomic E-state index is 0. The number of halogens is 1. The van der Waals surface area contributed by atoms with Crippen LogP contribution in [0.2, 0.25) is 0 Å². The standard InChI is InChI=1S/C15H28N4.HI/c1-12(2)11-19-9-7-14(8-10-19)18-15(16-3)17-13-5-4-6-13;/h13-14H,1,4-11H2,2-3H3,(H2,16,17,18);1H. The van der Waals surface area contributed by atoms with Crippen molar-refractivity contribution in [2.24, 2.45) is 4.99 Å². The zero-order chi connectivity index (χ0) is 13.7. The molecular formula is C15H29IN4. The van der Waals surface area contributed by atoms with Crippen LogP contribution in [0.4, 0.5) is 0 Å². The lowest BCUT2D eigenvalue weighted by Crippen LogP contribution is -2.52. The van der Waals surface area contributed by atoms with Gasteiger partial charge in [0.05, 0.1) is 0 Å². The van der Waals surface area contributed by atoms with Crippen molar-refractivity contribution in [2.45, 2.75) is 51.1 Å². The first-order valence-corrected chi connectivity index (χ1v) is 7.54. The molecule has 1 aliphatic heterocycles. The molecule has 0 atom stereocenters. The molecule has 2 N–H and O–H groups in total. The topological polar surface area (TPSA) is 39.7 Å². The number of aliphatic imine (C=N–C) groups is 1. The summed E-state index contributed by atoms with van der Waals surface area (Å²) in [5, 5.41) is 7.07. The summed E-state index contributed by atoms with van der Waals surface area (Å²) in [7, 11) is 1.87. The third-order valence-electron chi connectivity index (χ3n) is 4.09. The van der Waals surface area contributed by atoms with Crippen LogP contribution in [0, 0.1) is 0 Å². The maximum absolute atomic E-state index is 4.34. The molecule has 0 aromatic rings. The Morgan fingerprint density at radius 1 is 1.15 bits per heavy atom. The Morgan fingerprint density at radius 2 is 1.70 bits per heavy atom. The van der Waals surface area contributed by atoms with Gasteiger partial charge >= 0.3 is 0 Å². The summed E-state index contributed by atoms with van der Waals surface area (Å²) < 4.78 is 0. The molecule has 0 spiro atoms. The van der Waals surface area contributed by atoms with Crippen molar-refractivity contribution in [3.63, 3.8) is 0 Å². The van der Waals surface area contributed by atoms with Gasteiger partial charge in [0.25, 0.3) is 0 Å². The molecule has 0 bridgehead atoms. The first-order valence-electron chi connectivity index (χ1n) is 7.54. The second-order valence-electron chi connectivity index (χ2n) is 6.00. The van der Waals surface area contributed by atoms with Crippen LogP contribution >= 0.6 is 24.0 Å². The first kappa shape index (κ1) is 17.8. The Labute approximate surface area is 140 Å². The Kier molecular flexibility index (Phi) is 7.87. The molecule has 4 nitrogen and oxygen atoms in total. The summed E-state index contributed by atoms with van der Waals surface area (Å²) >= 11 is 0.